The topological polar surface area (TPSA) is 50.7 Å². The van der Waals surface area contributed by atoms with Crippen molar-refractivity contribution in [3.63, 3.8) is 0 Å². The Labute approximate surface area is 124 Å². The molecule has 2 aliphatic heterocycles. The van der Waals surface area contributed by atoms with Crippen molar-refractivity contribution < 1.29 is 14.6 Å². The third-order valence-electron chi connectivity index (χ3n) is 4.81. The number of halogens is 1. The highest BCUT2D eigenvalue weighted by molar-refractivity contribution is 5.85. The largest absolute Gasteiger partial charge is 0.454 e. The maximum Gasteiger partial charge on any atom is 0.231 e. The molecule has 4 unspecified atom stereocenters. The van der Waals surface area contributed by atoms with Gasteiger partial charge in [-0.1, -0.05) is 6.07 Å². The molecule has 20 heavy (non-hydrogen) atoms. The Morgan fingerprint density at radius 1 is 1.15 bits per heavy atom. The SMILES string of the molecule is Cl.OC1CCCC2NCC(c3ccc4c(c3)OCO4)C12. The van der Waals surface area contributed by atoms with E-state index in [1.165, 1.54) is 12.0 Å². The summed E-state index contributed by atoms with van der Waals surface area (Å²) in [6, 6.07) is 6.65. The van der Waals surface area contributed by atoms with Gasteiger partial charge in [0.2, 0.25) is 6.79 Å². The van der Waals surface area contributed by atoms with E-state index in [1.54, 1.807) is 0 Å². The molecule has 0 amide bonds. The Bertz CT molecular complexity index is 496. The first-order valence-electron chi connectivity index (χ1n) is 7.14. The van der Waals surface area contributed by atoms with E-state index in [0.29, 0.717) is 24.7 Å². The number of aliphatic hydroxyl groups is 1. The minimum Gasteiger partial charge on any atom is -0.454 e. The van der Waals surface area contributed by atoms with Gasteiger partial charge in [-0.3, -0.25) is 0 Å². The molecule has 1 saturated heterocycles. The van der Waals surface area contributed by atoms with Gasteiger partial charge in [0.15, 0.2) is 11.5 Å². The summed E-state index contributed by atoms with van der Waals surface area (Å²) in [5, 5.41) is 13.9. The van der Waals surface area contributed by atoms with E-state index in [9.17, 15) is 5.11 Å². The molecule has 4 rings (SSSR count). The van der Waals surface area contributed by atoms with Crippen molar-refractivity contribution in [2.45, 2.75) is 37.3 Å². The van der Waals surface area contributed by atoms with Crippen molar-refractivity contribution in [2.24, 2.45) is 5.92 Å². The lowest BCUT2D eigenvalue weighted by molar-refractivity contribution is 0.0575. The number of hydrogen-bond donors (Lipinski definition) is 2. The number of fused-ring (bicyclic) bond motifs is 2. The molecule has 0 aromatic heterocycles. The number of rotatable bonds is 1. The van der Waals surface area contributed by atoms with Crippen LogP contribution in [0.2, 0.25) is 0 Å². The predicted octanol–water partition coefficient (Wildman–Crippen LogP) is 2.05. The second-order valence-corrected chi connectivity index (χ2v) is 5.81. The molecule has 2 heterocycles. The van der Waals surface area contributed by atoms with Crippen LogP contribution in [0.15, 0.2) is 18.2 Å². The summed E-state index contributed by atoms with van der Waals surface area (Å²) in [6.07, 6.45) is 3.07. The van der Waals surface area contributed by atoms with E-state index in [0.717, 1.165) is 30.9 Å². The molecule has 4 nitrogen and oxygen atoms in total. The van der Waals surface area contributed by atoms with Crippen molar-refractivity contribution in [3.05, 3.63) is 23.8 Å². The zero-order chi connectivity index (χ0) is 12.8. The Hall–Kier alpha value is -0.970. The standard InChI is InChI=1S/C15H19NO3.ClH/c17-12-3-1-2-11-15(12)10(7-16-11)9-4-5-13-14(6-9)19-8-18-13;/h4-6,10-12,15-17H,1-3,7-8H2;1H. The average Bonchev–Trinajstić information content (AvgIpc) is 3.04. The van der Waals surface area contributed by atoms with E-state index in [-0.39, 0.29) is 18.5 Å². The molecule has 4 atom stereocenters. The van der Waals surface area contributed by atoms with Crippen molar-refractivity contribution >= 4 is 12.4 Å². The van der Waals surface area contributed by atoms with E-state index in [4.69, 9.17) is 9.47 Å². The highest BCUT2D eigenvalue weighted by atomic mass is 35.5. The number of aliphatic hydroxyl groups excluding tert-OH is 1. The van der Waals surface area contributed by atoms with Gasteiger partial charge >= 0.3 is 0 Å². The zero-order valence-electron chi connectivity index (χ0n) is 11.2. The molecule has 1 saturated carbocycles. The van der Waals surface area contributed by atoms with Gasteiger partial charge in [0, 0.05) is 24.4 Å². The van der Waals surface area contributed by atoms with Gasteiger partial charge in [0.1, 0.15) is 0 Å². The quantitative estimate of drug-likeness (QED) is 0.833. The van der Waals surface area contributed by atoms with Gasteiger partial charge in [-0.25, -0.2) is 0 Å². The van der Waals surface area contributed by atoms with Gasteiger partial charge in [0.05, 0.1) is 6.10 Å². The molecular weight excluding hydrogens is 278 g/mol. The lowest BCUT2D eigenvalue weighted by Crippen LogP contribution is -2.39. The molecule has 1 aromatic carbocycles. The minimum absolute atomic E-state index is 0. The molecule has 3 aliphatic rings. The van der Waals surface area contributed by atoms with Gasteiger partial charge in [-0.2, -0.15) is 0 Å². The normalized spacial score (nSPS) is 34.5. The monoisotopic (exact) mass is 297 g/mol. The molecule has 0 spiro atoms. The van der Waals surface area contributed by atoms with Crippen LogP contribution in [0.1, 0.15) is 30.7 Å². The van der Waals surface area contributed by atoms with Crippen molar-refractivity contribution in [1.29, 1.82) is 0 Å². The summed E-state index contributed by atoms with van der Waals surface area (Å²) >= 11 is 0. The molecule has 0 radical (unpaired) electrons. The minimum atomic E-state index is -0.177. The number of ether oxygens (including phenoxy) is 2. The molecule has 2 N–H and O–H groups in total. The second kappa shape index (κ2) is 5.43. The summed E-state index contributed by atoms with van der Waals surface area (Å²) in [6.45, 7) is 1.27. The summed E-state index contributed by atoms with van der Waals surface area (Å²) < 4.78 is 10.8. The lowest BCUT2D eigenvalue weighted by Gasteiger charge is -2.33. The lowest BCUT2D eigenvalue weighted by atomic mass is 9.75. The van der Waals surface area contributed by atoms with E-state index in [1.807, 2.05) is 6.07 Å². The maximum atomic E-state index is 10.3. The molecule has 1 aliphatic carbocycles. The summed E-state index contributed by atoms with van der Waals surface area (Å²) in [4.78, 5) is 0. The summed E-state index contributed by atoms with van der Waals surface area (Å²) in [5.41, 5.74) is 1.25. The van der Waals surface area contributed by atoms with Crippen LogP contribution in [0.5, 0.6) is 11.5 Å². The Kier molecular flexibility index (Phi) is 3.80. The Morgan fingerprint density at radius 2 is 2.00 bits per heavy atom. The fourth-order valence-electron chi connectivity index (χ4n) is 3.88. The van der Waals surface area contributed by atoms with E-state index in [2.05, 4.69) is 17.4 Å². The van der Waals surface area contributed by atoms with Crippen molar-refractivity contribution in [2.75, 3.05) is 13.3 Å². The van der Waals surface area contributed by atoms with Crippen LogP contribution >= 0.6 is 12.4 Å². The highest BCUT2D eigenvalue weighted by Gasteiger charge is 2.43. The molecule has 5 heteroatoms. The molecular formula is C15H20ClNO3. The van der Waals surface area contributed by atoms with Crippen LogP contribution in [-0.4, -0.2) is 30.6 Å². The third kappa shape index (κ3) is 2.16. The molecule has 0 bridgehead atoms. The van der Waals surface area contributed by atoms with Crippen LogP contribution in [0.25, 0.3) is 0 Å². The van der Waals surface area contributed by atoms with Gasteiger partial charge in [-0.05, 0) is 37.0 Å². The second-order valence-electron chi connectivity index (χ2n) is 5.81. The Balaban J connectivity index is 0.00000121. The number of benzene rings is 1. The molecule has 1 aromatic rings. The van der Waals surface area contributed by atoms with Gasteiger partial charge in [-0.15, -0.1) is 12.4 Å². The summed E-state index contributed by atoms with van der Waals surface area (Å²) in [7, 11) is 0. The first-order valence-corrected chi connectivity index (χ1v) is 7.14. The smallest absolute Gasteiger partial charge is 0.231 e. The fraction of sp³-hybridized carbons (Fsp3) is 0.600. The zero-order valence-corrected chi connectivity index (χ0v) is 12.1. The van der Waals surface area contributed by atoms with Crippen LogP contribution in [0, 0.1) is 5.92 Å². The van der Waals surface area contributed by atoms with Gasteiger partial charge in [0.25, 0.3) is 0 Å². The van der Waals surface area contributed by atoms with Crippen LogP contribution < -0.4 is 14.8 Å². The Morgan fingerprint density at radius 3 is 2.90 bits per heavy atom. The predicted molar refractivity (Wildman–Crippen MR) is 77.7 cm³/mol. The van der Waals surface area contributed by atoms with Crippen LogP contribution in [0.4, 0.5) is 0 Å². The van der Waals surface area contributed by atoms with Crippen molar-refractivity contribution in [1.82, 2.24) is 5.32 Å². The fourth-order valence-corrected chi connectivity index (χ4v) is 3.88. The van der Waals surface area contributed by atoms with E-state index < -0.39 is 0 Å². The number of hydrogen-bond acceptors (Lipinski definition) is 4. The summed E-state index contributed by atoms with van der Waals surface area (Å²) in [5.74, 6) is 2.39. The van der Waals surface area contributed by atoms with Crippen LogP contribution in [-0.2, 0) is 0 Å². The van der Waals surface area contributed by atoms with Gasteiger partial charge < -0.3 is 19.9 Å². The average molecular weight is 298 g/mol. The molecule has 110 valence electrons. The number of nitrogens with one attached hydrogen (secondary N) is 1. The first kappa shape index (κ1) is 14.0. The first-order chi connectivity index (χ1) is 9.33. The molecule has 2 fully saturated rings. The maximum absolute atomic E-state index is 10.3. The van der Waals surface area contributed by atoms with E-state index >= 15 is 0 Å². The van der Waals surface area contributed by atoms with Crippen molar-refractivity contribution in [3.8, 4) is 11.5 Å². The third-order valence-corrected chi connectivity index (χ3v) is 4.81. The highest BCUT2D eigenvalue weighted by Crippen LogP contribution is 2.43. The van der Waals surface area contributed by atoms with Crippen LogP contribution in [0.3, 0.4) is 0 Å².